The summed E-state index contributed by atoms with van der Waals surface area (Å²) < 4.78 is 38.4. The molecule has 1 aromatic rings. The van der Waals surface area contributed by atoms with Gasteiger partial charge in [-0.3, -0.25) is 0 Å². The first kappa shape index (κ1) is 12.0. The maximum atomic E-state index is 12.5. The summed E-state index contributed by atoms with van der Waals surface area (Å²) in [5.74, 6) is 0. The lowest BCUT2D eigenvalue weighted by atomic mass is 10.3. The number of unbranched alkanes of at least 4 members (excludes halogenated alkanes) is 1. The number of nitrogens with zero attached hydrogens (tertiary/aromatic N) is 3. The standard InChI is InChI=1S/C8H12F3N3O/c1-2-3-4-14-7(8(9,10)11)6(5-15)12-13-14/h15H,2-5H2,1H3. The summed E-state index contributed by atoms with van der Waals surface area (Å²) in [6, 6.07) is 0. The van der Waals surface area contributed by atoms with Crippen molar-refractivity contribution in [1.82, 2.24) is 15.0 Å². The zero-order valence-corrected chi connectivity index (χ0v) is 8.25. The first-order valence-electron chi connectivity index (χ1n) is 4.61. The minimum atomic E-state index is -4.52. The Labute approximate surface area is 84.7 Å². The number of aliphatic hydroxyl groups excluding tert-OH is 1. The SMILES string of the molecule is CCCCn1nnc(CO)c1C(F)(F)F. The molecule has 0 fully saturated rings. The number of alkyl halides is 3. The van der Waals surface area contributed by atoms with Gasteiger partial charge in [-0.25, -0.2) is 4.68 Å². The van der Waals surface area contributed by atoms with Crippen LogP contribution in [0.3, 0.4) is 0 Å². The number of aromatic nitrogens is 3. The van der Waals surface area contributed by atoms with Crippen LogP contribution in [0.4, 0.5) is 13.2 Å². The Morgan fingerprint density at radius 3 is 2.53 bits per heavy atom. The molecule has 0 aliphatic rings. The van der Waals surface area contributed by atoms with Gasteiger partial charge in [0.1, 0.15) is 5.69 Å². The topological polar surface area (TPSA) is 50.9 Å². The Bertz CT molecular complexity index is 321. The van der Waals surface area contributed by atoms with E-state index in [-0.39, 0.29) is 6.54 Å². The van der Waals surface area contributed by atoms with Gasteiger partial charge in [-0.05, 0) is 6.42 Å². The van der Waals surface area contributed by atoms with Crippen LogP contribution in [0.15, 0.2) is 0 Å². The van der Waals surface area contributed by atoms with E-state index >= 15 is 0 Å². The van der Waals surface area contributed by atoms with Crippen molar-refractivity contribution in [1.29, 1.82) is 0 Å². The lowest BCUT2D eigenvalue weighted by Crippen LogP contribution is -2.16. The molecule has 0 radical (unpaired) electrons. The Morgan fingerprint density at radius 1 is 1.40 bits per heavy atom. The first-order chi connectivity index (χ1) is 7.00. The van der Waals surface area contributed by atoms with E-state index in [4.69, 9.17) is 5.11 Å². The Hall–Kier alpha value is -1.11. The number of halogens is 3. The molecule has 1 N–H and O–H groups in total. The van der Waals surface area contributed by atoms with Crippen LogP contribution in [-0.4, -0.2) is 20.1 Å². The molecule has 0 atom stereocenters. The molecule has 0 unspecified atom stereocenters. The highest BCUT2D eigenvalue weighted by atomic mass is 19.4. The van der Waals surface area contributed by atoms with E-state index in [2.05, 4.69) is 10.3 Å². The largest absolute Gasteiger partial charge is 0.435 e. The van der Waals surface area contributed by atoms with E-state index in [1.54, 1.807) is 0 Å². The van der Waals surface area contributed by atoms with Gasteiger partial charge in [0.05, 0.1) is 6.61 Å². The van der Waals surface area contributed by atoms with Crippen LogP contribution in [0.1, 0.15) is 31.2 Å². The molecule has 0 bridgehead atoms. The van der Waals surface area contributed by atoms with E-state index in [9.17, 15) is 13.2 Å². The number of hydrogen-bond donors (Lipinski definition) is 1. The summed E-state index contributed by atoms with van der Waals surface area (Å²) in [4.78, 5) is 0. The molecule has 7 heteroatoms. The maximum absolute atomic E-state index is 12.5. The molecule has 0 aliphatic heterocycles. The predicted molar refractivity (Wildman–Crippen MR) is 45.9 cm³/mol. The van der Waals surface area contributed by atoms with Crippen LogP contribution in [0, 0.1) is 0 Å². The second-order valence-electron chi connectivity index (χ2n) is 3.12. The molecule has 0 aliphatic carbocycles. The normalized spacial score (nSPS) is 12.1. The van der Waals surface area contributed by atoms with Crippen LogP contribution in [0.25, 0.3) is 0 Å². The van der Waals surface area contributed by atoms with Crippen molar-refractivity contribution in [3.05, 3.63) is 11.4 Å². The number of hydrogen-bond acceptors (Lipinski definition) is 3. The highest BCUT2D eigenvalue weighted by molar-refractivity contribution is 5.12. The summed E-state index contributed by atoms with van der Waals surface area (Å²) >= 11 is 0. The molecule has 1 aromatic heterocycles. The smallest absolute Gasteiger partial charge is 0.390 e. The summed E-state index contributed by atoms with van der Waals surface area (Å²) in [5, 5.41) is 15.4. The van der Waals surface area contributed by atoms with E-state index in [0.29, 0.717) is 6.42 Å². The average molecular weight is 223 g/mol. The van der Waals surface area contributed by atoms with Crippen LogP contribution in [-0.2, 0) is 19.3 Å². The third-order valence-corrected chi connectivity index (χ3v) is 1.95. The molecule has 0 amide bonds. The molecular formula is C8H12F3N3O. The number of rotatable bonds is 4. The Balaban J connectivity index is 3.01. The highest BCUT2D eigenvalue weighted by Gasteiger charge is 2.38. The molecule has 1 rings (SSSR count). The fourth-order valence-electron chi connectivity index (χ4n) is 1.23. The fourth-order valence-corrected chi connectivity index (χ4v) is 1.23. The monoisotopic (exact) mass is 223 g/mol. The molecule has 4 nitrogen and oxygen atoms in total. The second kappa shape index (κ2) is 4.61. The highest BCUT2D eigenvalue weighted by Crippen LogP contribution is 2.31. The number of aliphatic hydroxyl groups is 1. The zero-order chi connectivity index (χ0) is 11.5. The lowest BCUT2D eigenvalue weighted by Gasteiger charge is -2.09. The summed E-state index contributed by atoms with van der Waals surface area (Å²) in [7, 11) is 0. The van der Waals surface area contributed by atoms with Crippen molar-refractivity contribution in [2.45, 2.75) is 39.1 Å². The third kappa shape index (κ3) is 2.68. The van der Waals surface area contributed by atoms with Gasteiger partial charge in [0.25, 0.3) is 0 Å². The summed E-state index contributed by atoms with van der Waals surface area (Å²) in [6.07, 6.45) is -3.15. The van der Waals surface area contributed by atoms with Gasteiger partial charge in [-0.15, -0.1) is 5.10 Å². The minimum absolute atomic E-state index is 0.165. The fraction of sp³-hybridized carbons (Fsp3) is 0.750. The third-order valence-electron chi connectivity index (χ3n) is 1.95. The molecule has 0 saturated carbocycles. The van der Waals surface area contributed by atoms with Crippen molar-refractivity contribution in [2.24, 2.45) is 0 Å². The Morgan fingerprint density at radius 2 is 2.07 bits per heavy atom. The van der Waals surface area contributed by atoms with Crippen LogP contribution in [0.5, 0.6) is 0 Å². The summed E-state index contributed by atoms with van der Waals surface area (Å²) in [6.45, 7) is 1.29. The Kier molecular flexibility index (Phi) is 3.67. The van der Waals surface area contributed by atoms with Crippen LogP contribution >= 0.6 is 0 Å². The van der Waals surface area contributed by atoms with E-state index < -0.39 is 24.2 Å². The molecule has 1 heterocycles. The van der Waals surface area contributed by atoms with Gasteiger partial charge in [0.2, 0.25) is 0 Å². The lowest BCUT2D eigenvalue weighted by molar-refractivity contribution is -0.145. The molecular weight excluding hydrogens is 211 g/mol. The van der Waals surface area contributed by atoms with Gasteiger partial charge in [-0.2, -0.15) is 13.2 Å². The summed E-state index contributed by atoms with van der Waals surface area (Å²) in [5.41, 5.74) is -1.36. The molecule has 0 aromatic carbocycles. The van der Waals surface area contributed by atoms with Crippen molar-refractivity contribution in [3.8, 4) is 0 Å². The zero-order valence-electron chi connectivity index (χ0n) is 8.25. The van der Waals surface area contributed by atoms with Crippen LogP contribution < -0.4 is 0 Å². The van der Waals surface area contributed by atoms with Gasteiger partial charge in [0.15, 0.2) is 5.69 Å². The van der Waals surface area contributed by atoms with E-state index in [1.807, 2.05) is 6.92 Å². The average Bonchev–Trinajstić information content (AvgIpc) is 2.56. The number of aryl methyl sites for hydroxylation is 1. The predicted octanol–water partition coefficient (Wildman–Crippen LogP) is 1.59. The first-order valence-corrected chi connectivity index (χ1v) is 4.61. The van der Waals surface area contributed by atoms with Crippen molar-refractivity contribution in [3.63, 3.8) is 0 Å². The van der Waals surface area contributed by atoms with E-state index in [1.165, 1.54) is 0 Å². The minimum Gasteiger partial charge on any atom is -0.390 e. The van der Waals surface area contributed by atoms with Gasteiger partial charge in [-0.1, -0.05) is 18.6 Å². The molecule has 0 spiro atoms. The van der Waals surface area contributed by atoms with Gasteiger partial charge < -0.3 is 5.11 Å². The second-order valence-corrected chi connectivity index (χ2v) is 3.12. The van der Waals surface area contributed by atoms with Crippen molar-refractivity contribution in [2.75, 3.05) is 0 Å². The van der Waals surface area contributed by atoms with Gasteiger partial charge in [0, 0.05) is 6.54 Å². The van der Waals surface area contributed by atoms with Crippen molar-refractivity contribution < 1.29 is 18.3 Å². The quantitative estimate of drug-likeness (QED) is 0.843. The molecule has 0 saturated heterocycles. The molecule has 15 heavy (non-hydrogen) atoms. The van der Waals surface area contributed by atoms with Crippen molar-refractivity contribution >= 4 is 0 Å². The van der Waals surface area contributed by atoms with Crippen LogP contribution in [0.2, 0.25) is 0 Å². The molecule has 86 valence electrons. The van der Waals surface area contributed by atoms with Gasteiger partial charge >= 0.3 is 6.18 Å². The van der Waals surface area contributed by atoms with E-state index in [0.717, 1.165) is 11.1 Å². The maximum Gasteiger partial charge on any atom is 0.435 e.